The van der Waals surface area contributed by atoms with Crippen molar-refractivity contribution >= 4 is 5.82 Å². The van der Waals surface area contributed by atoms with Gasteiger partial charge in [0.25, 0.3) is 0 Å². The summed E-state index contributed by atoms with van der Waals surface area (Å²) in [5, 5.41) is 4.38. The first-order valence-electron chi connectivity index (χ1n) is 5.71. The fourth-order valence-corrected chi connectivity index (χ4v) is 1.85. The molecule has 0 amide bonds. The predicted molar refractivity (Wildman–Crippen MR) is 67.1 cm³/mol. The van der Waals surface area contributed by atoms with Crippen LogP contribution >= 0.6 is 0 Å². The summed E-state index contributed by atoms with van der Waals surface area (Å²) in [4.78, 5) is 2.29. The first-order chi connectivity index (χ1) is 7.86. The second-order valence-electron chi connectivity index (χ2n) is 3.61. The molecule has 84 valence electrons. The molecule has 0 spiro atoms. The van der Waals surface area contributed by atoms with Crippen molar-refractivity contribution in [3.63, 3.8) is 0 Å². The molecule has 0 atom stereocenters. The zero-order valence-corrected chi connectivity index (χ0v) is 9.80. The monoisotopic (exact) mass is 215 g/mol. The summed E-state index contributed by atoms with van der Waals surface area (Å²) in [6.07, 6.45) is 1.85. The Bertz CT molecular complexity index is 429. The van der Waals surface area contributed by atoms with Gasteiger partial charge in [0.1, 0.15) is 5.82 Å². The highest BCUT2D eigenvalue weighted by atomic mass is 15.4. The van der Waals surface area contributed by atoms with E-state index in [9.17, 15) is 0 Å². The third-order valence-corrected chi connectivity index (χ3v) is 2.71. The van der Waals surface area contributed by atoms with Crippen LogP contribution in [0.4, 0.5) is 5.82 Å². The summed E-state index contributed by atoms with van der Waals surface area (Å²) in [7, 11) is 0. The lowest BCUT2D eigenvalue weighted by Gasteiger charge is -2.21. The van der Waals surface area contributed by atoms with E-state index in [1.807, 2.05) is 29.1 Å². The first kappa shape index (κ1) is 10.7. The molecule has 0 aliphatic rings. The molecule has 2 aromatic rings. The van der Waals surface area contributed by atoms with Crippen molar-refractivity contribution in [1.82, 2.24) is 9.78 Å². The molecule has 3 nitrogen and oxygen atoms in total. The molecule has 0 radical (unpaired) electrons. The minimum Gasteiger partial charge on any atom is -0.357 e. The smallest absolute Gasteiger partial charge is 0.132 e. The highest BCUT2D eigenvalue weighted by Gasteiger charge is 2.09. The number of nitrogens with zero attached hydrogens (tertiary/aromatic N) is 3. The molecule has 0 fully saturated rings. The fraction of sp³-hybridized carbons (Fsp3) is 0.308. The molecule has 1 aromatic carbocycles. The third-order valence-electron chi connectivity index (χ3n) is 2.71. The molecule has 0 bridgehead atoms. The summed E-state index contributed by atoms with van der Waals surface area (Å²) >= 11 is 0. The molecular formula is C13H17N3. The largest absolute Gasteiger partial charge is 0.357 e. The van der Waals surface area contributed by atoms with Crippen LogP contribution in [-0.4, -0.2) is 22.9 Å². The van der Waals surface area contributed by atoms with Gasteiger partial charge in [-0.3, -0.25) is 0 Å². The second kappa shape index (κ2) is 4.84. The SMILES string of the molecule is CCN(CC)c1ccnn1-c1ccccc1. The number of hydrogen-bond donors (Lipinski definition) is 0. The predicted octanol–water partition coefficient (Wildman–Crippen LogP) is 2.72. The van der Waals surface area contributed by atoms with Gasteiger partial charge in [-0.15, -0.1) is 0 Å². The van der Waals surface area contributed by atoms with Gasteiger partial charge in [-0.25, -0.2) is 4.68 Å². The van der Waals surface area contributed by atoms with Crippen LogP contribution in [0.2, 0.25) is 0 Å². The van der Waals surface area contributed by atoms with Crippen LogP contribution in [0.5, 0.6) is 0 Å². The topological polar surface area (TPSA) is 21.1 Å². The minimum atomic E-state index is 0.995. The van der Waals surface area contributed by atoms with Crippen molar-refractivity contribution in [2.75, 3.05) is 18.0 Å². The zero-order valence-electron chi connectivity index (χ0n) is 9.80. The molecule has 0 aliphatic heterocycles. The maximum Gasteiger partial charge on any atom is 0.132 e. The Morgan fingerprint density at radius 1 is 1.06 bits per heavy atom. The number of rotatable bonds is 4. The molecular weight excluding hydrogens is 198 g/mol. The van der Waals surface area contributed by atoms with Crippen LogP contribution in [0, 0.1) is 0 Å². The number of para-hydroxylation sites is 1. The average Bonchev–Trinajstić information content (AvgIpc) is 2.81. The Morgan fingerprint density at radius 3 is 2.38 bits per heavy atom. The van der Waals surface area contributed by atoms with Gasteiger partial charge in [-0.1, -0.05) is 18.2 Å². The Morgan fingerprint density at radius 2 is 1.75 bits per heavy atom. The summed E-state index contributed by atoms with van der Waals surface area (Å²) in [5.74, 6) is 1.15. The highest BCUT2D eigenvalue weighted by Crippen LogP contribution is 2.18. The normalized spacial score (nSPS) is 10.4. The lowest BCUT2D eigenvalue weighted by atomic mass is 10.3. The summed E-state index contributed by atoms with van der Waals surface area (Å²) < 4.78 is 1.98. The van der Waals surface area contributed by atoms with E-state index in [4.69, 9.17) is 0 Å². The van der Waals surface area contributed by atoms with Gasteiger partial charge in [-0.2, -0.15) is 5.10 Å². The molecule has 16 heavy (non-hydrogen) atoms. The molecule has 0 saturated carbocycles. The van der Waals surface area contributed by atoms with E-state index in [-0.39, 0.29) is 0 Å². The van der Waals surface area contributed by atoms with Crippen LogP contribution in [-0.2, 0) is 0 Å². The van der Waals surface area contributed by atoms with Crippen LogP contribution in [0.3, 0.4) is 0 Å². The van der Waals surface area contributed by atoms with Crippen molar-refractivity contribution in [3.05, 3.63) is 42.6 Å². The molecule has 0 N–H and O–H groups in total. The van der Waals surface area contributed by atoms with E-state index >= 15 is 0 Å². The van der Waals surface area contributed by atoms with E-state index < -0.39 is 0 Å². The van der Waals surface area contributed by atoms with Gasteiger partial charge < -0.3 is 4.90 Å². The molecule has 1 aromatic heterocycles. The van der Waals surface area contributed by atoms with Crippen LogP contribution in [0.15, 0.2) is 42.6 Å². The Balaban J connectivity index is 2.40. The number of hydrogen-bond acceptors (Lipinski definition) is 2. The van der Waals surface area contributed by atoms with Gasteiger partial charge in [0.15, 0.2) is 0 Å². The third kappa shape index (κ3) is 1.94. The van der Waals surface area contributed by atoms with Crippen molar-refractivity contribution in [2.45, 2.75) is 13.8 Å². The number of anilines is 1. The quantitative estimate of drug-likeness (QED) is 0.782. The molecule has 1 heterocycles. The van der Waals surface area contributed by atoms with Gasteiger partial charge in [0, 0.05) is 19.2 Å². The van der Waals surface area contributed by atoms with E-state index in [1.165, 1.54) is 0 Å². The van der Waals surface area contributed by atoms with Crippen LogP contribution in [0.25, 0.3) is 5.69 Å². The van der Waals surface area contributed by atoms with Crippen molar-refractivity contribution in [2.24, 2.45) is 0 Å². The van der Waals surface area contributed by atoms with Crippen molar-refractivity contribution in [3.8, 4) is 5.69 Å². The average molecular weight is 215 g/mol. The number of benzene rings is 1. The summed E-state index contributed by atoms with van der Waals surface area (Å²) in [5.41, 5.74) is 1.11. The van der Waals surface area contributed by atoms with Crippen LogP contribution < -0.4 is 4.90 Å². The van der Waals surface area contributed by atoms with Crippen molar-refractivity contribution < 1.29 is 0 Å². The number of aromatic nitrogens is 2. The minimum absolute atomic E-state index is 0.995. The zero-order chi connectivity index (χ0) is 11.4. The maximum absolute atomic E-state index is 4.38. The van der Waals surface area contributed by atoms with E-state index in [2.05, 4.69) is 42.0 Å². The summed E-state index contributed by atoms with van der Waals surface area (Å²) in [6, 6.07) is 12.3. The second-order valence-corrected chi connectivity index (χ2v) is 3.61. The van der Waals surface area contributed by atoms with E-state index in [0.717, 1.165) is 24.6 Å². The van der Waals surface area contributed by atoms with Gasteiger partial charge in [0.05, 0.1) is 11.9 Å². The van der Waals surface area contributed by atoms with E-state index in [1.54, 1.807) is 0 Å². The fourth-order valence-electron chi connectivity index (χ4n) is 1.85. The Hall–Kier alpha value is -1.77. The van der Waals surface area contributed by atoms with Gasteiger partial charge >= 0.3 is 0 Å². The lowest BCUT2D eigenvalue weighted by Crippen LogP contribution is -2.24. The van der Waals surface area contributed by atoms with Crippen LogP contribution in [0.1, 0.15) is 13.8 Å². The molecule has 3 heteroatoms. The highest BCUT2D eigenvalue weighted by molar-refractivity contribution is 5.46. The molecule has 0 aliphatic carbocycles. The molecule has 0 saturated heterocycles. The standard InChI is InChI=1S/C13H17N3/c1-3-15(4-2)13-10-11-14-16(13)12-8-6-5-7-9-12/h5-11H,3-4H2,1-2H3. The van der Waals surface area contributed by atoms with E-state index in [0.29, 0.717) is 0 Å². The molecule has 0 unspecified atom stereocenters. The lowest BCUT2D eigenvalue weighted by molar-refractivity contribution is 0.785. The van der Waals surface area contributed by atoms with Gasteiger partial charge in [0.2, 0.25) is 0 Å². The van der Waals surface area contributed by atoms with Gasteiger partial charge in [-0.05, 0) is 26.0 Å². The summed E-state index contributed by atoms with van der Waals surface area (Å²) in [6.45, 7) is 6.31. The maximum atomic E-state index is 4.38. The Labute approximate surface area is 96.3 Å². The molecule has 2 rings (SSSR count). The van der Waals surface area contributed by atoms with Crippen molar-refractivity contribution in [1.29, 1.82) is 0 Å². The Kier molecular flexibility index (Phi) is 3.25. The first-order valence-corrected chi connectivity index (χ1v) is 5.71.